The number of nitrogens with zero attached hydrogens (tertiary/aromatic N) is 1. The van der Waals surface area contributed by atoms with E-state index in [1.807, 2.05) is 45.0 Å². The molecule has 4 N–H and O–H groups in total. The van der Waals surface area contributed by atoms with Gasteiger partial charge in [0.2, 0.25) is 11.8 Å². The minimum absolute atomic E-state index is 0.0323. The van der Waals surface area contributed by atoms with Crippen LogP contribution in [0.15, 0.2) is 60.8 Å². The van der Waals surface area contributed by atoms with Gasteiger partial charge in [-0.3, -0.25) is 24.2 Å². The largest absolute Gasteiger partial charge is 0.481 e. The number of rotatable bonds is 10. The van der Waals surface area contributed by atoms with Crippen LogP contribution in [0.2, 0.25) is 0 Å². The van der Waals surface area contributed by atoms with Crippen LogP contribution in [0.5, 0.6) is 0 Å². The number of carboxylic acid groups (broad SMARTS) is 1. The molecule has 1 heterocycles. The number of hydrogen-bond acceptors (Lipinski definition) is 5. The maximum atomic E-state index is 13.1. The van der Waals surface area contributed by atoms with E-state index < -0.39 is 42.2 Å². The molecule has 0 aliphatic heterocycles. The normalized spacial score (nSPS) is 12.6. The Bertz CT molecular complexity index is 1260. The number of amides is 3. The van der Waals surface area contributed by atoms with E-state index in [0.717, 1.165) is 16.3 Å². The Hall–Kier alpha value is -4.27. The zero-order valence-electron chi connectivity index (χ0n) is 20.4. The van der Waals surface area contributed by atoms with Crippen LogP contribution in [-0.4, -0.2) is 45.9 Å². The van der Waals surface area contributed by atoms with Crippen molar-refractivity contribution >= 4 is 40.2 Å². The van der Waals surface area contributed by atoms with E-state index in [1.165, 1.54) is 0 Å². The molecule has 9 nitrogen and oxygen atoms in total. The molecule has 0 saturated heterocycles. The van der Waals surface area contributed by atoms with Crippen molar-refractivity contribution in [2.45, 2.75) is 45.7 Å². The quantitative estimate of drug-likeness (QED) is 0.344. The standard InChI is InChI=1S/C27H30N4O5/c1-16(2)12-22(30-25(34)21-13-18-6-4-5-7-19(18)15-28-21)27(36)31-23(14-24(32)33)26(35)29-20-10-8-17(3)9-11-20/h4-11,13,15-16,22-23H,12,14H2,1-3H3,(H,29,35)(H,30,34)(H,31,36)(H,32,33)/t22-,23+/m0/s1. The van der Waals surface area contributed by atoms with Crippen molar-refractivity contribution in [3.63, 3.8) is 0 Å². The molecule has 0 saturated carbocycles. The van der Waals surface area contributed by atoms with Gasteiger partial charge in [0.15, 0.2) is 0 Å². The molecule has 36 heavy (non-hydrogen) atoms. The molecule has 0 spiro atoms. The maximum absolute atomic E-state index is 13.1. The number of fused-ring (bicyclic) bond motifs is 1. The van der Waals surface area contributed by atoms with Crippen molar-refractivity contribution in [3.05, 3.63) is 72.1 Å². The Kier molecular flexibility index (Phi) is 8.72. The molecule has 0 radical (unpaired) electrons. The fourth-order valence-electron chi connectivity index (χ4n) is 3.67. The summed E-state index contributed by atoms with van der Waals surface area (Å²) in [5, 5.41) is 18.8. The summed E-state index contributed by atoms with van der Waals surface area (Å²) in [5.41, 5.74) is 1.62. The molecule has 3 aromatic rings. The summed E-state index contributed by atoms with van der Waals surface area (Å²) in [4.78, 5) is 54.4. The summed E-state index contributed by atoms with van der Waals surface area (Å²) in [5.74, 6) is -3.07. The van der Waals surface area contributed by atoms with Gasteiger partial charge in [-0.25, -0.2) is 0 Å². The molecule has 2 atom stereocenters. The zero-order chi connectivity index (χ0) is 26.2. The Balaban J connectivity index is 1.75. The van der Waals surface area contributed by atoms with Crippen LogP contribution in [0.3, 0.4) is 0 Å². The van der Waals surface area contributed by atoms with Crippen LogP contribution >= 0.6 is 0 Å². The molecule has 2 aromatic carbocycles. The van der Waals surface area contributed by atoms with Crippen LogP contribution < -0.4 is 16.0 Å². The van der Waals surface area contributed by atoms with E-state index in [4.69, 9.17) is 0 Å². The average Bonchev–Trinajstić information content (AvgIpc) is 2.83. The van der Waals surface area contributed by atoms with Crippen LogP contribution in [0.4, 0.5) is 5.69 Å². The van der Waals surface area contributed by atoms with Gasteiger partial charge < -0.3 is 21.1 Å². The summed E-state index contributed by atoms with van der Waals surface area (Å²) in [7, 11) is 0. The lowest BCUT2D eigenvalue weighted by Crippen LogP contribution is -2.53. The highest BCUT2D eigenvalue weighted by Crippen LogP contribution is 2.15. The van der Waals surface area contributed by atoms with E-state index in [0.29, 0.717) is 5.69 Å². The lowest BCUT2D eigenvalue weighted by Gasteiger charge is -2.23. The Morgan fingerprint density at radius 1 is 0.889 bits per heavy atom. The van der Waals surface area contributed by atoms with Crippen molar-refractivity contribution in [1.29, 1.82) is 0 Å². The highest BCUT2D eigenvalue weighted by Gasteiger charge is 2.29. The number of benzene rings is 2. The Labute approximate surface area is 209 Å². The average molecular weight is 491 g/mol. The second kappa shape index (κ2) is 11.9. The van der Waals surface area contributed by atoms with Crippen molar-refractivity contribution < 1.29 is 24.3 Å². The second-order valence-corrected chi connectivity index (χ2v) is 9.09. The number of aliphatic carboxylic acids is 1. The maximum Gasteiger partial charge on any atom is 0.305 e. The molecule has 0 bridgehead atoms. The molecule has 0 fully saturated rings. The second-order valence-electron chi connectivity index (χ2n) is 9.09. The van der Waals surface area contributed by atoms with Gasteiger partial charge in [-0.1, -0.05) is 55.8 Å². The summed E-state index contributed by atoms with van der Waals surface area (Å²) in [6.07, 6.45) is 1.25. The van der Waals surface area contributed by atoms with E-state index in [1.54, 1.807) is 36.5 Å². The molecule has 9 heteroatoms. The molecule has 3 rings (SSSR count). The number of aryl methyl sites for hydroxylation is 1. The van der Waals surface area contributed by atoms with Gasteiger partial charge in [0.1, 0.15) is 17.8 Å². The van der Waals surface area contributed by atoms with Gasteiger partial charge in [-0.2, -0.15) is 0 Å². The smallest absolute Gasteiger partial charge is 0.305 e. The van der Waals surface area contributed by atoms with Crippen LogP contribution in [-0.2, 0) is 14.4 Å². The molecule has 0 unspecified atom stereocenters. The predicted octanol–water partition coefficient (Wildman–Crippen LogP) is 3.29. The molecular weight excluding hydrogens is 460 g/mol. The zero-order valence-corrected chi connectivity index (χ0v) is 20.4. The minimum Gasteiger partial charge on any atom is -0.481 e. The molecule has 0 aliphatic carbocycles. The SMILES string of the molecule is Cc1ccc(NC(=O)[C@@H](CC(=O)O)NC(=O)[C@H](CC(C)C)NC(=O)c2cc3ccccc3cn2)cc1. The molecule has 3 amide bonds. The number of hydrogen-bond donors (Lipinski definition) is 4. The third-order valence-corrected chi connectivity index (χ3v) is 5.52. The third-order valence-electron chi connectivity index (χ3n) is 5.52. The Morgan fingerprint density at radius 3 is 2.19 bits per heavy atom. The van der Waals surface area contributed by atoms with Crippen molar-refractivity contribution in [2.75, 3.05) is 5.32 Å². The van der Waals surface area contributed by atoms with Gasteiger partial charge >= 0.3 is 5.97 Å². The summed E-state index contributed by atoms with van der Waals surface area (Å²) >= 11 is 0. The van der Waals surface area contributed by atoms with Crippen molar-refractivity contribution in [3.8, 4) is 0 Å². The molecular formula is C27H30N4O5. The first-order chi connectivity index (χ1) is 17.1. The van der Waals surface area contributed by atoms with E-state index in [-0.39, 0.29) is 18.0 Å². The number of anilines is 1. The number of aromatic nitrogens is 1. The monoisotopic (exact) mass is 490 g/mol. The Morgan fingerprint density at radius 2 is 1.56 bits per heavy atom. The first-order valence-electron chi connectivity index (χ1n) is 11.7. The van der Waals surface area contributed by atoms with Crippen LogP contribution in [0.25, 0.3) is 10.8 Å². The number of pyridine rings is 1. The van der Waals surface area contributed by atoms with E-state index in [2.05, 4.69) is 20.9 Å². The summed E-state index contributed by atoms with van der Waals surface area (Å²) in [6.45, 7) is 5.68. The number of carbonyl (C=O) groups is 4. The molecule has 0 aliphatic rings. The van der Waals surface area contributed by atoms with Gasteiger partial charge in [-0.05, 0) is 42.8 Å². The molecule has 1 aromatic heterocycles. The minimum atomic E-state index is -1.33. The van der Waals surface area contributed by atoms with Crippen molar-refractivity contribution in [2.24, 2.45) is 5.92 Å². The molecule has 188 valence electrons. The lowest BCUT2D eigenvalue weighted by atomic mass is 10.0. The van der Waals surface area contributed by atoms with E-state index >= 15 is 0 Å². The fourth-order valence-corrected chi connectivity index (χ4v) is 3.67. The first kappa shape index (κ1) is 26.3. The van der Waals surface area contributed by atoms with Gasteiger partial charge in [0.05, 0.1) is 6.42 Å². The summed E-state index contributed by atoms with van der Waals surface area (Å²) < 4.78 is 0. The topological polar surface area (TPSA) is 137 Å². The lowest BCUT2D eigenvalue weighted by molar-refractivity contribution is -0.140. The van der Waals surface area contributed by atoms with Crippen molar-refractivity contribution in [1.82, 2.24) is 15.6 Å². The first-order valence-corrected chi connectivity index (χ1v) is 11.7. The predicted molar refractivity (Wildman–Crippen MR) is 136 cm³/mol. The number of carboxylic acids is 1. The summed E-state index contributed by atoms with van der Waals surface area (Å²) in [6, 6.07) is 13.7. The van der Waals surface area contributed by atoms with Gasteiger partial charge in [0.25, 0.3) is 5.91 Å². The van der Waals surface area contributed by atoms with E-state index in [9.17, 15) is 24.3 Å². The van der Waals surface area contributed by atoms with Crippen LogP contribution in [0.1, 0.15) is 42.7 Å². The van der Waals surface area contributed by atoms with Gasteiger partial charge in [0, 0.05) is 17.3 Å². The number of carbonyl (C=O) groups excluding carboxylic acids is 3. The third kappa shape index (κ3) is 7.36. The fraction of sp³-hybridized carbons (Fsp3) is 0.296. The van der Waals surface area contributed by atoms with Crippen LogP contribution in [0, 0.1) is 12.8 Å². The number of nitrogens with one attached hydrogen (secondary N) is 3. The highest BCUT2D eigenvalue weighted by molar-refractivity contribution is 6.01. The highest BCUT2D eigenvalue weighted by atomic mass is 16.4. The van der Waals surface area contributed by atoms with Gasteiger partial charge in [-0.15, -0.1) is 0 Å².